The number of aliphatic carboxylic acids is 1. The zero-order chi connectivity index (χ0) is 14.0. The minimum Gasteiger partial charge on any atom is -0.480 e. The van der Waals surface area contributed by atoms with Gasteiger partial charge in [0.05, 0.1) is 11.9 Å². The van der Waals surface area contributed by atoms with E-state index in [0.29, 0.717) is 11.6 Å². The van der Waals surface area contributed by atoms with Crippen molar-refractivity contribution in [1.82, 2.24) is 14.7 Å². The largest absolute Gasteiger partial charge is 0.480 e. The van der Waals surface area contributed by atoms with Crippen LogP contribution in [0.25, 0.3) is 0 Å². The molecule has 0 bridgehead atoms. The summed E-state index contributed by atoms with van der Waals surface area (Å²) in [7, 11) is 1.76. The molecule has 1 fully saturated rings. The fourth-order valence-electron chi connectivity index (χ4n) is 1.94. The lowest BCUT2D eigenvalue weighted by molar-refractivity contribution is -0.137. The van der Waals surface area contributed by atoms with Crippen molar-refractivity contribution in [3.63, 3.8) is 0 Å². The highest BCUT2D eigenvalue weighted by Crippen LogP contribution is 2.34. The van der Waals surface area contributed by atoms with E-state index in [2.05, 4.69) is 10.4 Å². The van der Waals surface area contributed by atoms with Crippen LogP contribution >= 0.6 is 0 Å². The number of hydrogen-bond acceptors (Lipinski definition) is 3. The van der Waals surface area contributed by atoms with Crippen molar-refractivity contribution in [2.45, 2.75) is 32.4 Å². The maximum Gasteiger partial charge on any atom is 0.325 e. The second kappa shape index (κ2) is 5.29. The van der Waals surface area contributed by atoms with Crippen molar-refractivity contribution in [3.05, 3.63) is 12.4 Å². The molecule has 0 radical (unpaired) electrons. The summed E-state index contributed by atoms with van der Waals surface area (Å²) in [6.45, 7) is 1.81. The third-order valence-corrected chi connectivity index (χ3v) is 3.42. The minimum absolute atomic E-state index is 0.200. The molecule has 1 aromatic heterocycles. The van der Waals surface area contributed by atoms with Crippen LogP contribution in [-0.2, 0) is 11.3 Å². The van der Waals surface area contributed by atoms with E-state index >= 15 is 0 Å². The van der Waals surface area contributed by atoms with E-state index in [-0.39, 0.29) is 18.6 Å². The summed E-state index contributed by atoms with van der Waals surface area (Å²) in [4.78, 5) is 24.2. The van der Waals surface area contributed by atoms with Crippen LogP contribution in [0, 0.1) is 5.92 Å². The van der Waals surface area contributed by atoms with Crippen molar-refractivity contribution in [3.8, 4) is 0 Å². The van der Waals surface area contributed by atoms with E-state index in [1.807, 2.05) is 6.92 Å². The molecule has 7 nitrogen and oxygen atoms in total. The quantitative estimate of drug-likeness (QED) is 0.839. The van der Waals surface area contributed by atoms with Gasteiger partial charge in [-0.25, -0.2) is 4.79 Å². The summed E-state index contributed by atoms with van der Waals surface area (Å²) < 4.78 is 1.27. The maximum atomic E-state index is 12.0. The first-order valence-corrected chi connectivity index (χ1v) is 6.25. The molecule has 0 spiro atoms. The summed E-state index contributed by atoms with van der Waals surface area (Å²) in [5, 5.41) is 15.2. The van der Waals surface area contributed by atoms with Gasteiger partial charge in [0.1, 0.15) is 6.54 Å². The van der Waals surface area contributed by atoms with Gasteiger partial charge in [0.15, 0.2) is 0 Å². The van der Waals surface area contributed by atoms with Gasteiger partial charge in [-0.3, -0.25) is 9.48 Å². The van der Waals surface area contributed by atoms with Gasteiger partial charge in [-0.1, -0.05) is 0 Å². The third-order valence-electron chi connectivity index (χ3n) is 3.42. The van der Waals surface area contributed by atoms with Gasteiger partial charge in [-0.05, 0) is 25.7 Å². The van der Waals surface area contributed by atoms with Gasteiger partial charge in [0.25, 0.3) is 0 Å². The number of urea groups is 1. The number of nitrogens with zero attached hydrogens (tertiary/aromatic N) is 3. The SMILES string of the molecule is CC(C1CC1)N(C)C(=O)Nc1cnn(CC(=O)O)c1. The number of carbonyl (C=O) groups is 2. The van der Waals surface area contributed by atoms with Crippen molar-refractivity contribution >= 4 is 17.7 Å². The fraction of sp³-hybridized carbons (Fsp3) is 0.583. The molecule has 0 saturated heterocycles. The van der Waals surface area contributed by atoms with Crippen molar-refractivity contribution in [2.75, 3.05) is 12.4 Å². The lowest BCUT2D eigenvalue weighted by atomic mass is 10.2. The Morgan fingerprint density at radius 3 is 2.89 bits per heavy atom. The highest BCUT2D eigenvalue weighted by atomic mass is 16.4. The first kappa shape index (κ1) is 13.4. The highest BCUT2D eigenvalue weighted by molar-refractivity contribution is 5.89. The Bertz CT molecular complexity index is 481. The lowest BCUT2D eigenvalue weighted by Gasteiger charge is -2.24. The number of aromatic nitrogens is 2. The Morgan fingerprint density at radius 1 is 1.63 bits per heavy atom. The average Bonchev–Trinajstić information content (AvgIpc) is 3.10. The van der Waals surface area contributed by atoms with Gasteiger partial charge < -0.3 is 15.3 Å². The van der Waals surface area contributed by atoms with Crippen molar-refractivity contribution < 1.29 is 14.7 Å². The predicted molar refractivity (Wildman–Crippen MR) is 68.8 cm³/mol. The fourth-order valence-corrected chi connectivity index (χ4v) is 1.94. The zero-order valence-electron chi connectivity index (χ0n) is 11.0. The Kier molecular flexibility index (Phi) is 3.73. The highest BCUT2D eigenvalue weighted by Gasteiger charge is 2.32. The normalized spacial score (nSPS) is 15.9. The molecule has 19 heavy (non-hydrogen) atoms. The van der Waals surface area contributed by atoms with Crippen molar-refractivity contribution in [1.29, 1.82) is 0 Å². The summed E-state index contributed by atoms with van der Waals surface area (Å²) in [5.41, 5.74) is 0.501. The van der Waals surface area contributed by atoms with E-state index in [9.17, 15) is 9.59 Å². The predicted octanol–water partition coefficient (Wildman–Crippen LogP) is 1.23. The van der Waals surface area contributed by atoms with Crippen LogP contribution in [0.3, 0.4) is 0 Å². The van der Waals surface area contributed by atoms with Crippen LogP contribution < -0.4 is 5.32 Å². The lowest BCUT2D eigenvalue weighted by Crippen LogP contribution is -2.39. The van der Waals surface area contributed by atoms with E-state index in [1.54, 1.807) is 11.9 Å². The third kappa shape index (κ3) is 3.46. The van der Waals surface area contributed by atoms with Gasteiger partial charge >= 0.3 is 12.0 Å². The van der Waals surface area contributed by atoms with E-state index in [4.69, 9.17) is 5.11 Å². The average molecular weight is 266 g/mol. The molecular weight excluding hydrogens is 248 g/mol. The Balaban J connectivity index is 1.90. The molecule has 1 aliphatic rings. The van der Waals surface area contributed by atoms with E-state index in [1.165, 1.54) is 29.9 Å². The summed E-state index contributed by atoms with van der Waals surface area (Å²) in [6.07, 6.45) is 5.29. The summed E-state index contributed by atoms with van der Waals surface area (Å²) in [6, 6.07) is 0.0170. The van der Waals surface area contributed by atoms with Crippen LogP contribution in [0.4, 0.5) is 10.5 Å². The van der Waals surface area contributed by atoms with Crippen LogP contribution in [0.1, 0.15) is 19.8 Å². The number of amides is 2. The molecule has 1 saturated carbocycles. The van der Waals surface area contributed by atoms with Crippen molar-refractivity contribution in [2.24, 2.45) is 5.92 Å². The molecule has 1 unspecified atom stereocenters. The van der Waals surface area contributed by atoms with Gasteiger partial charge in [-0.15, -0.1) is 0 Å². The molecule has 104 valence electrons. The van der Waals surface area contributed by atoms with Crippen LogP contribution in [0.2, 0.25) is 0 Å². The smallest absolute Gasteiger partial charge is 0.325 e. The maximum absolute atomic E-state index is 12.0. The van der Waals surface area contributed by atoms with E-state index < -0.39 is 5.97 Å². The first-order valence-electron chi connectivity index (χ1n) is 6.25. The molecule has 1 aliphatic carbocycles. The monoisotopic (exact) mass is 266 g/mol. The molecule has 7 heteroatoms. The molecule has 2 rings (SSSR count). The number of carboxylic acids is 1. The Hall–Kier alpha value is -2.05. The van der Waals surface area contributed by atoms with Gasteiger partial charge in [0.2, 0.25) is 0 Å². The van der Waals surface area contributed by atoms with Crippen LogP contribution in [0.15, 0.2) is 12.4 Å². The number of nitrogens with one attached hydrogen (secondary N) is 1. The number of carboxylic acid groups (broad SMARTS) is 1. The molecule has 0 aromatic carbocycles. The number of carbonyl (C=O) groups excluding carboxylic acids is 1. The standard InChI is InChI=1S/C12H18N4O3/c1-8(9-3-4-9)15(2)12(19)14-10-5-13-16(6-10)7-11(17)18/h5-6,8-9H,3-4,7H2,1-2H3,(H,14,19)(H,17,18). The van der Waals surface area contributed by atoms with Gasteiger partial charge in [0, 0.05) is 19.3 Å². The molecule has 0 aliphatic heterocycles. The second-order valence-corrected chi connectivity index (χ2v) is 4.94. The number of anilines is 1. The van der Waals surface area contributed by atoms with Gasteiger partial charge in [-0.2, -0.15) is 5.10 Å². The first-order chi connectivity index (χ1) is 8.97. The molecule has 1 atom stereocenters. The van der Waals surface area contributed by atoms with Crippen LogP contribution in [0.5, 0.6) is 0 Å². The minimum atomic E-state index is -0.972. The molecule has 2 N–H and O–H groups in total. The van der Waals surface area contributed by atoms with Crippen LogP contribution in [-0.4, -0.2) is 44.9 Å². The van der Waals surface area contributed by atoms with E-state index in [0.717, 1.165) is 0 Å². The Labute approximate surface area is 111 Å². The topological polar surface area (TPSA) is 87.5 Å². The molecule has 1 heterocycles. The zero-order valence-corrected chi connectivity index (χ0v) is 11.0. The Morgan fingerprint density at radius 2 is 2.32 bits per heavy atom. The number of rotatable bonds is 5. The molecular formula is C12H18N4O3. The molecule has 2 amide bonds. The molecule has 1 aromatic rings. The number of hydrogen-bond donors (Lipinski definition) is 2. The second-order valence-electron chi connectivity index (χ2n) is 4.94. The summed E-state index contributed by atoms with van der Waals surface area (Å²) in [5.74, 6) is -0.370. The summed E-state index contributed by atoms with van der Waals surface area (Å²) >= 11 is 0.